The van der Waals surface area contributed by atoms with Crippen LogP contribution in [0.25, 0.3) is 33.2 Å². The van der Waals surface area contributed by atoms with E-state index in [1.807, 2.05) is 12.1 Å². The zero-order valence-electron chi connectivity index (χ0n) is 24.9. The Kier molecular flexibility index (Phi) is 4.92. The van der Waals surface area contributed by atoms with Gasteiger partial charge in [0.2, 0.25) is 5.69 Å². The monoisotopic (exact) mass is 576 g/mol. The van der Waals surface area contributed by atoms with Gasteiger partial charge in [-0.3, -0.25) is 0 Å². The number of hydrogen-bond acceptors (Lipinski definition) is 3. The third-order valence-corrected chi connectivity index (χ3v) is 12.1. The number of hydrogen-bond donors (Lipinski definition) is 1. The summed E-state index contributed by atoms with van der Waals surface area (Å²) in [6.45, 7) is 7.32. The van der Waals surface area contributed by atoms with E-state index >= 15 is 0 Å². The number of fused-ring (bicyclic) bond motifs is 12. The Bertz CT molecular complexity index is 2150. The quantitative estimate of drug-likeness (QED) is 0.127. The molecule has 0 saturated heterocycles. The molecule has 3 unspecified atom stereocenters. The molecular formula is C38H34N3OSi+. The number of para-hydroxylation sites is 4. The molecule has 3 aliphatic rings. The zero-order valence-corrected chi connectivity index (χ0v) is 25.9. The number of likely N-dealkylation sites (N-methyl/N-ethyl adjacent to an activating group) is 1. The van der Waals surface area contributed by atoms with Crippen LogP contribution in [0.3, 0.4) is 0 Å². The lowest BCUT2D eigenvalue weighted by molar-refractivity contribution is -0.715. The van der Waals surface area contributed by atoms with E-state index in [2.05, 4.69) is 145 Å². The molecule has 1 fully saturated rings. The Hall–Kier alpha value is -4.61. The topological polar surface area (TPSA) is 32.3 Å². The highest BCUT2D eigenvalue weighted by Crippen LogP contribution is 2.71. The van der Waals surface area contributed by atoms with E-state index in [4.69, 9.17) is 4.42 Å². The molecule has 4 nitrogen and oxygen atoms in total. The number of rotatable bonds is 5. The van der Waals surface area contributed by atoms with Crippen molar-refractivity contribution in [3.05, 3.63) is 127 Å². The van der Waals surface area contributed by atoms with Crippen molar-refractivity contribution in [2.75, 3.05) is 17.3 Å². The fraction of sp³-hybridized carbons (Fsp3) is 0.184. The van der Waals surface area contributed by atoms with Crippen molar-refractivity contribution in [2.24, 2.45) is 0 Å². The summed E-state index contributed by atoms with van der Waals surface area (Å²) in [4.78, 5) is 2.51. The van der Waals surface area contributed by atoms with E-state index in [1.54, 1.807) is 0 Å². The summed E-state index contributed by atoms with van der Waals surface area (Å²) in [5.41, 5.74) is 10.6. The average Bonchev–Trinajstić information content (AvgIpc) is 3.48. The largest absolute Gasteiger partial charge is 0.454 e. The van der Waals surface area contributed by atoms with Crippen molar-refractivity contribution in [3.8, 4) is 11.3 Å². The second-order valence-electron chi connectivity index (χ2n) is 13.4. The molecule has 5 heteroatoms. The molecule has 6 aromatic rings. The number of aromatic nitrogens is 1. The van der Waals surface area contributed by atoms with Gasteiger partial charge in [-0.2, -0.15) is 4.57 Å². The molecule has 1 aliphatic heterocycles. The summed E-state index contributed by atoms with van der Waals surface area (Å²) in [6, 6.07) is 37.5. The van der Waals surface area contributed by atoms with Gasteiger partial charge in [-0.25, -0.2) is 0 Å². The Labute approximate surface area is 252 Å². The summed E-state index contributed by atoms with van der Waals surface area (Å²) in [7, 11) is 0.812. The SMILES string of the molecule is CN(c1ccccc1Nc1cccc2c1oc1ccccc12)C12C=C1C1C2c2ccccc2-c2ccc([Si](C)(C)C)c[n+]21. The van der Waals surface area contributed by atoms with Crippen LogP contribution in [0, 0.1) is 0 Å². The molecule has 210 valence electrons. The molecule has 3 heterocycles. The molecule has 1 saturated carbocycles. The van der Waals surface area contributed by atoms with Crippen LogP contribution in [0.4, 0.5) is 17.1 Å². The maximum Gasteiger partial charge on any atom is 0.213 e. The predicted octanol–water partition coefficient (Wildman–Crippen LogP) is 8.30. The van der Waals surface area contributed by atoms with Crippen molar-refractivity contribution in [1.82, 2.24) is 0 Å². The van der Waals surface area contributed by atoms with Gasteiger partial charge in [-0.15, -0.1) is 0 Å². The number of anilines is 3. The van der Waals surface area contributed by atoms with Crippen LogP contribution >= 0.6 is 0 Å². The van der Waals surface area contributed by atoms with Gasteiger partial charge < -0.3 is 14.6 Å². The number of nitrogens with zero attached hydrogens (tertiary/aromatic N) is 2. The summed E-state index contributed by atoms with van der Waals surface area (Å²) in [5.74, 6) is 0.366. The van der Waals surface area contributed by atoms with Crippen LogP contribution in [-0.2, 0) is 0 Å². The lowest BCUT2D eigenvalue weighted by atomic mass is 9.64. The van der Waals surface area contributed by atoms with Crippen LogP contribution in [0.5, 0.6) is 0 Å². The van der Waals surface area contributed by atoms with Crippen molar-refractivity contribution in [3.63, 3.8) is 0 Å². The Morgan fingerprint density at radius 3 is 2.42 bits per heavy atom. The molecule has 43 heavy (non-hydrogen) atoms. The van der Waals surface area contributed by atoms with Crippen LogP contribution in [0.15, 0.2) is 125 Å². The second-order valence-corrected chi connectivity index (χ2v) is 18.5. The predicted molar refractivity (Wildman–Crippen MR) is 179 cm³/mol. The molecule has 0 spiro atoms. The van der Waals surface area contributed by atoms with Crippen LogP contribution in [0.2, 0.25) is 19.6 Å². The van der Waals surface area contributed by atoms with Crippen LogP contribution < -0.4 is 20.0 Å². The Morgan fingerprint density at radius 2 is 1.53 bits per heavy atom. The lowest BCUT2D eigenvalue weighted by Crippen LogP contribution is -2.64. The van der Waals surface area contributed by atoms with Gasteiger partial charge in [0.1, 0.15) is 11.1 Å². The van der Waals surface area contributed by atoms with E-state index in [-0.39, 0.29) is 5.54 Å². The number of furan rings is 1. The average molecular weight is 577 g/mol. The van der Waals surface area contributed by atoms with Crippen molar-refractivity contribution < 1.29 is 8.98 Å². The summed E-state index contributed by atoms with van der Waals surface area (Å²) < 4.78 is 8.95. The molecule has 0 bridgehead atoms. The first kappa shape index (κ1) is 24.9. The molecule has 9 rings (SSSR count). The van der Waals surface area contributed by atoms with Gasteiger partial charge in [0.25, 0.3) is 0 Å². The third kappa shape index (κ3) is 3.34. The fourth-order valence-corrected chi connectivity index (χ4v) is 8.93. The minimum absolute atomic E-state index is 0.0935. The maximum absolute atomic E-state index is 6.35. The van der Waals surface area contributed by atoms with E-state index in [0.29, 0.717) is 12.0 Å². The molecule has 0 radical (unpaired) electrons. The first-order valence-electron chi connectivity index (χ1n) is 15.2. The minimum atomic E-state index is -1.46. The smallest absolute Gasteiger partial charge is 0.213 e. The van der Waals surface area contributed by atoms with E-state index < -0.39 is 8.07 Å². The van der Waals surface area contributed by atoms with E-state index in [0.717, 1.165) is 33.3 Å². The standard InChI is InChI=1S/C38H34N3OSi/c1-40(33-18-9-8-16-30(33)39-31-17-11-15-28-26-13-7-10-19-34(26)42-37(28)31)38-22-29(38)36-35(38)27-14-6-5-12-25(27)32-21-20-24(23-41(32)36)43(2,3)4/h5-23,35-36,39H,1-4H3/q+1. The normalized spacial score (nSPS) is 21.3. The maximum atomic E-state index is 6.35. The van der Waals surface area contributed by atoms with Crippen molar-refractivity contribution in [2.45, 2.75) is 37.1 Å². The van der Waals surface area contributed by atoms with Gasteiger partial charge in [-0.05, 0) is 42.0 Å². The molecule has 0 amide bonds. The van der Waals surface area contributed by atoms with E-state index in [9.17, 15) is 0 Å². The minimum Gasteiger partial charge on any atom is -0.454 e. The fourth-order valence-electron chi connectivity index (χ4n) is 7.82. The molecule has 1 N–H and O–H groups in total. The third-order valence-electron chi connectivity index (χ3n) is 10.1. The molecule has 4 aromatic carbocycles. The summed E-state index contributed by atoms with van der Waals surface area (Å²) >= 11 is 0. The Balaban J connectivity index is 1.12. The first-order chi connectivity index (χ1) is 20.9. The van der Waals surface area contributed by atoms with Crippen LogP contribution in [-0.4, -0.2) is 20.7 Å². The van der Waals surface area contributed by atoms with Gasteiger partial charge in [0.15, 0.2) is 17.8 Å². The highest BCUT2D eigenvalue weighted by molar-refractivity contribution is 6.88. The van der Waals surface area contributed by atoms with Crippen LogP contribution in [0.1, 0.15) is 17.5 Å². The number of pyridine rings is 1. The summed E-state index contributed by atoms with van der Waals surface area (Å²) in [5, 5.41) is 7.55. The molecule has 2 aliphatic carbocycles. The highest BCUT2D eigenvalue weighted by Gasteiger charge is 2.75. The lowest BCUT2D eigenvalue weighted by Gasteiger charge is -2.49. The van der Waals surface area contributed by atoms with E-state index in [1.165, 1.54) is 33.3 Å². The summed E-state index contributed by atoms with van der Waals surface area (Å²) in [6.07, 6.45) is 5.00. The second kappa shape index (κ2) is 8.48. The van der Waals surface area contributed by atoms with Gasteiger partial charge in [0, 0.05) is 34.6 Å². The zero-order chi connectivity index (χ0) is 29.1. The number of benzene rings is 4. The van der Waals surface area contributed by atoms with Crippen molar-refractivity contribution >= 4 is 52.3 Å². The Morgan fingerprint density at radius 1 is 0.791 bits per heavy atom. The number of nitrogens with one attached hydrogen (secondary N) is 1. The molecule has 3 atom stereocenters. The van der Waals surface area contributed by atoms with Gasteiger partial charge in [0.05, 0.1) is 36.6 Å². The first-order valence-corrected chi connectivity index (χ1v) is 18.7. The van der Waals surface area contributed by atoms with Gasteiger partial charge in [-0.1, -0.05) is 86.4 Å². The van der Waals surface area contributed by atoms with Crippen molar-refractivity contribution in [1.29, 1.82) is 0 Å². The highest BCUT2D eigenvalue weighted by atomic mass is 28.3. The van der Waals surface area contributed by atoms with Gasteiger partial charge >= 0.3 is 0 Å². The molecular weight excluding hydrogens is 543 g/mol. The molecule has 2 aromatic heterocycles.